The lowest BCUT2D eigenvalue weighted by Crippen LogP contribution is -2.44. The van der Waals surface area contributed by atoms with Gasteiger partial charge in [0.05, 0.1) is 6.61 Å². The number of nitrogens with zero attached hydrogens (tertiary/aromatic N) is 1. The molecule has 1 heterocycles. The minimum atomic E-state index is -0.282. The number of carbonyl (C=O) groups is 1. The number of likely N-dealkylation sites (tertiary alicyclic amines) is 1. The number of carbonyl (C=O) groups excluding carboxylic acids is 1. The highest BCUT2D eigenvalue weighted by Gasteiger charge is 2.27. The summed E-state index contributed by atoms with van der Waals surface area (Å²) in [6.07, 6.45) is 3.04. The Balaban J connectivity index is 1.66. The number of benzene rings is 1. The second-order valence-corrected chi connectivity index (χ2v) is 4.77. The van der Waals surface area contributed by atoms with Crippen LogP contribution >= 0.6 is 0 Å². The first kappa shape index (κ1) is 14.0. The zero-order valence-corrected chi connectivity index (χ0v) is 11.2. The number of likely N-dealkylation sites (N-methyl/N-ethyl adjacent to an activating group) is 1. The Kier molecular flexibility index (Phi) is 5.32. The summed E-state index contributed by atoms with van der Waals surface area (Å²) in [5, 5.41) is 0. The molecule has 1 aromatic carbocycles. The molecule has 104 valence electrons. The molecule has 1 aromatic rings. The van der Waals surface area contributed by atoms with E-state index in [1.807, 2.05) is 42.3 Å². The van der Waals surface area contributed by atoms with Gasteiger partial charge in [-0.2, -0.15) is 0 Å². The van der Waals surface area contributed by atoms with Crippen molar-refractivity contribution in [3.8, 4) is 0 Å². The standard InChI is InChI=1S/C14H20N2O3/c1-16-10-6-5-9-13(16)14(17)19-15-18-11-12-7-3-2-4-8-12/h2-4,7-8,13,15H,5-6,9-11H2,1H3/t13-/m0/s1. The van der Waals surface area contributed by atoms with Crippen LogP contribution in [0.25, 0.3) is 0 Å². The maximum atomic E-state index is 11.8. The predicted molar refractivity (Wildman–Crippen MR) is 70.7 cm³/mol. The molecule has 0 bridgehead atoms. The molecule has 0 radical (unpaired) electrons. The third kappa shape index (κ3) is 4.31. The molecule has 0 amide bonds. The average molecular weight is 264 g/mol. The van der Waals surface area contributed by atoms with Crippen LogP contribution in [0.3, 0.4) is 0 Å². The maximum absolute atomic E-state index is 11.8. The summed E-state index contributed by atoms with van der Waals surface area (Å²) in [6.45, 7) is 1.29. The van der Waals surface area contributed by atoms with E-state index in [4.69, 9.17) is 9.68 Å². The van der Waals surface area contributed by atoms with Gasteiger partial charge >= 0.3 is 5.97 Å². The fourth-order valence-electron chi connectivity index (χ4n) is 2.20. The topological polar surface area (TPSA) is 50.8 Å². The summed E-state index contributed by atoms with van der Waals surface area (Å²) in [4.78, 5) is 23.9. The third-order valence-electron chi connectivity index (χ3n) is 3.33. The van der Waals surface area contributed by atoms with Crippen LogP contribution in [0.15, 0.2) is 30.3 Å². The Morgan fingerprint density at radius 3 is 2.89 bits per heavy atom. The van der Waals surface area contributed by atoms with E-state index in [9.17, 15) is 4.79 Å². The van der Waals surface area contributed by atoms with Crippen LogP contribution in [0.5, 0.6) is 0 Å². The van der Waals surface area contributed by atoms with Crippen molar-refractivity contribution in [1.82, 2.24) is 10.5 Å². The lowest BCUT2D eigenvalue weighted by Gasteiger charge is -2.29. The van der Waals surface area contributed by atoms with Crippen LogP contribution in [-0.4, -0.2) is 30.5 Å². The normalized spacial score (nSPS) is 20.2. The van der Waals surface area contributed by atoms with Gasteiger partial charge in [0.25, 0.3) is 0 Å². The zero-order chi connectivity index (χ0) is 13.5. The molecule has 1 saturated heterocycles. The Bertz CT molecular complexity index is 397. The first-order valence-corrected chi connectivity index (χ1v) is 6.59. The number of nitrogens with one attached hydrogen (secondary N) is 1. The average Bonchev–Trinajstić information content (AvgIpc) is 2.45. The summed E-state index contributed by atoms with van der Waals surface area (Å²) in [7, 11) is 1.94. The highest BCUT2D eigenvalue weighted by Crippen LogP contribution is 2.15. The minimum absolute atomic E-state index is 0.165. The van der Waals surface area contributed by atoms with Crippen molar-refractivity contribution in [2.45, 2.75) is 31.9 Å². The van der Waals surface area contributed by atoms with Gasteiger partial charge in [-0.25, -0.2) is 4.79 Å². The quantitative estimate of drug-likeness (QED) is 0.647. The van der Waals surface area contributed by atoms with Crippen molar-refractivity contribution in [3.63, 3.8) is 0 Å². The Morgan fingerprint density at radius 1 is 1.37 bits per heavy atom. The molecule has 1 aliphatic rings. The highest BCUT2D eigenvalue weighted by molar-refractivity contribution is 5.75. The number of rotatable bonds is 5. The van der Waals surface area contributed by atoms with Crippen molar-refractivity contribution >= 4 is 5.97 Å². The zero-order valence-electron chi connectivity index (χ0n) is 11.2. The highest BCUT2D eigenvalue weighted by atomic mass is 16.9. The number of hydrogen-bond acceptors (Lipinski definition) is 5. The molecular weight excluding hydrogens is 244 g/mol. The third-order valence-corrected chi connectivity index (χ3v) is 3.33. The molecule has 1 atom stereocenters. The lowest BCUT2D eigenvalue weighted by atomic mass is 10.0. The van der Waals surface area contributed by atoms with Gasteiger partial charge in [0.1, 0.15) is 6.04 Å². The smallest absolute Gasteiger partial charge is 0.343 e. The molecule has 0 aliphatic carbocycles. The maximum Gasteiger partial charge on any atom is 0.344 e. The van der Waals surface area contributed by atoms with Gasteiger partial charge in [-0.1, -0.05) is 36.8 Å². The number of piperidine rings is 1. The van der Waals surface area contributed by atoms with Crippen LogP contribution in [0, 0.1) is 0 Å². The van der Waals surface area contributed by atoms with Crippen LogP contribution in [0.4, 0.5) is 0 Å². The molecule has 0 saturated carbocycles. The summed E-state index contributed by atoms with van der Waals surface area (Å²) in [5.41, 5.74) is 3.29. The molecular formula is C14H20N2O3. The second-order valence-electron chi connectivity index (χ2n) is 4.77. The fourth-order valence-corrected chi connectivity index (χ4v) is 2.20. The number of hydrogen-bond donors (Lipinski definition) is 1. The Morgan fingerprint density at radius 2 is 2.16 bits per heavy atom. The van der Waals surface area contributed by atoms with Gasteiger partial charge in [0, 0.05) is 0 Å². The molecule has 1 aliphatic heterocycles. The van der Waals surface area contributed by atoms with Crippen molar-refractivity contribution < 1.29 is 14.5 Å². The molecule has 0 aromatic heterocycles. The molecule has 0 unspecified atom stereocenters. The monoisotopic (exact) mass is 264 g/mol. The van der Waals surface area contributed by atoms with E-state index < -0.39 is 0 Å². The molecule has 2 rings (SSSR count). The van der Waals surface area contributed by atoms with Gasteiger partial charge in [-0.05, 0) is 37.6 Å². The van der Waals surface area contributed by atoms with Crippen LogP contribution in [0.2, 0.25) is 0 Å². The van der Waals surface area contributed by atoms with E-state index in [2.05, 4.69) is 5.64 Å². The van der Waals surface area contributed by atoms with Crippen molar-refractivity contribution in [1.29, 1.82) is 0 Å². The van der Waals surface area contributed by atoms with E-state index in [0.717, 1.165) is 31.4 Å². The molecule has 5 nitrogen and oxygen atoms in total. The first-order valence-electron chi connectivity index (χ1n) is 6.59. The largest absolute Gasteiger partial charge is 0.344 e. The fraction of sp³-hybridized carbons (Fsp3) is 0.500. The SMILES string of the molecule is CN1CCCC[C@H]1C(=O)ONOCc1ccccc1. The van der Waals surface area contributed by atoms with E-state index in [1.54, 1.807) is 0 Å². The Hall–Kier alpha value is -1.43. The molecule has 1 N–H and O–H groups in total. The lowest BCUT2D eigenvalue weighted by molar-refractivity contribution is -0.201. The van der Waals surface area contributed by atoms with E-state index in [0.29, 0.717) is 6.61 Å². The summed E-state index contributed by atoms with van der Waals surface area (Å²) in [6, 6.07) is 9.53. The molecule has 1 fully saturated rings. The van der Waals surface area contributed by atoms with Crippen LogP contribution < -0.4 is 5.64 Å². The summed E-state index contributed by atoms with van der Waals surface area (Å²) >= 11 is 0. The van der Waals surface area contributed by atoms with Crippen LogP contribution in [0.1, 0.15) is 24.8 Å². The minimum Gasteiger partial charge on any atom is -0.343 e. The van der Waals surface area contributed by atoms with Gasteiger partial charge in [0.15, 0.2) is 0 Å². The predicted octanol–water partition coefficient (Wildman–Crippen LogP) is 1.65. The molecule has 0 spiro atoms. The second kappa shape index (κ2) is 7.23. The molecule has 5 heteroatoms. The molecule has 19 heavy (non-hydrogen) atoms. The Labute approximate surface area is 113 Å². The van der Waals surface area contributed by atoms with Gasteiger partial charge < -0.3 is 4.84 Å². The summed E-state index contributed by atoms with van der Waals surface area (Å²) < 4.78 is 0. The van der Waals surface area contributed by atoms with Gasteiger partial charge in [-0.15, -0.1) is 0 Å². The van der Waals surface area contributed by atoms with Crippen LogP contribution in [-0.2, 0) is 21.1 Å². The first-order chi connectivity index (χ1) is 9.27. The van der Waals surface area contributed by atoms with Crippen molar-refractivity contribution in [2.75, 3.05) is 13.6 Å². The van der Waals surface area contributed by atoms with E-state index >= 15 is 0 Å². The van der Waals surface area contributed by atoms with Crippen molar-refractivity contribution in [2.24, 2.45) is 0 Å². The van der Waals surface area contributed by atoms with Gasteiger partial charge in [-0.3, -0.25) is 9.74 Å². The van der Waals surface area contributed by atoms with Gasteiger partial charge in [0.2, 0.25) is 0 Å². The van der Waals surface area contributed by atoms with Crippen molar-refractivity contribution in [3.05, 3.63) is 35.9 Å². The van der Waals surface area contributed by atoms with E-state index in [1.165, 1.54) is 0 Å². The van der Waals surface area contributed by atoms with E-state index in [-0.39, 0.29) is 12.0 Å². The summed E-state index contributed by atoms with van der Waals surface area (Å²) in [5.74, 6) is -0.282.